The highest BCUT2D eigenvalue weighted by Gasteiger charge is 2.18. The molecule has 0 aliphatic heterocycles. The molecule has 3 nitrogen and oxygen atoms in total. The van der Waals surface area contributed by atoms with Crippen LogP contribution in [0.1, 0.15) is 53.1 Å². The third kappa shape index (κ3) is 4.66. The minimum absolute atomic E-state index is 0.0227. The average Bonchev–Trinajstić information content (AvgIpc) is 2.96. The molecule has 2 aromatic heterocycles. The van der Waals surface area contributed by atoms with Gasteiger partial charge >= 0.3 is 0 Å². The van der Waals surface area contributed by atoms with E-state index in [0.29, 0.717) is 0 Å². The zero-order chi connectivity index (χ0) is 28.1. The monoisotopic (exact) mass is 521 g/mol. The van der Waals surface area contributed by atoms with Crippen molar-refractivity contribution in [2.45, 2.75) is 52.4 Å². The summed E-state index contributed by atoms with van der Waals surface area (Å²) < 4.78 is 0. The van der Waals surface area contributed by atoms with Crippen molar-refractivity contribution in [1.29, 1.82) is 0 Å². The maximum absolute atomic E-state index is 4.76. The Morgan fingerprint density at radius 1 is 0.450 bits per heavy atom. The molecule has 0 aliphatic rings. The molecular weight excluding hydrogens is 486 g/mol. The van der Waals surface area contributed by atoms with Crippen molar-refractivity contribution in [3.8, 4) is 0 Å². The van der Waals surface area contributed by atoms with Gasteiger partial charge in [0.25, 0.3) is 0 Å². The number of pyridine rings is 1. The van der Waals surface area contributed by atoms with Gasteiger partial charge in [-0.2, -0.15) is 0 Å². The Bertz CT molecular complexity index is 1990. The lowest BCUT2D eigenvalue weighted by molar-refractivity contribution is 0.548. The van der Waals surface area contributed by atoms with E-state index < -0.39 is 0 Å². The molecule has 7 rings (SSSR count). The predicted octanol–water partition coefficient (Wildman–Crippen LogP) is 9.92. The van der Waals surface area contributed by atoms with Crippen LogP contribution >= 0.6 is 0 Å². The molecule has 0 unspecified atom stereocenters. The van der Waals surface area contributed by atoms with Crippen LogP contribution in [0.25, 0.3) is 54.0 Å². The molecule has 198 valence electrons. The Morgan fingerprint density at radius 2 is 0.975 bits per heavy atom. The summed E-state index contributed by atoms with van der Waals surface area (Å²) in [4.78, 5) is 14.0. The number of rotatable bonds is 0. The number of hydrogen-bond acceptors (Lipinski definition) is 3. The second-order valence-electron chi connectivity index (χ2n) is 12.6. The van der Waals surface area contributed by atoms with Crippen molar-refractivity contribution >= 4 is 54.0 Å². The van der Waals surface area contributed by atoms with E-state index in [4.69, 9.17) is 9.97 Å². The molecule has 3 heteroatoms. The lowest BCUT2D eigenvalue weighted by Gasteiger charge is -2.19. The van der Waals surface area contributed by atoms with E-state index in [9.17, 15) is 0 Å². The van der Waals surface area contributed by atoms with Crippen molar-refractivity contribution < 1.29 is 0 Å². The molecule has 2 heterocycles. The first-order valence-electron chi connectivity index (χ1n) is 14.0. The van der Waals surface area contributed by atoms with Gasteiger partial charge in [-0.15, -0.1) is 0 Å². The second kappa shape index (κ2) is 9.67. The molecule has 0 spiro atoms. The largest absolute Gasteiger partial charge is 0.260 e. The molecule has 0 atom stereocenters. The Balaban J connectivity index is 0.000000148. The first-order valence-corrected chi connectivity index (χ1v) is 14.0. The van der Waals surface area contributed by atoms with E-state index in [0.717, 1.165) is 22.4 Å². The number of hydrogen-bond donors (Lipinski definition) is 0. The highest BCUT2D eigenvalue weighted by atomic mass is 14.9. The summed E-state index contributed by atoms with van der Waals surface area (Å²) in [6.07, 6.45) is 3.97. The fourth-order valence-electron chi connectivity index (χ4n) is 5.34. The summed E-state index contributed by atoms with van der Waals surface area (Å²) in [5, 5.41) is 11.3. The van der Waals surface area contributed by atoms with Gasteiger partial charge in [-0.05, 0) is 38.4 Å². The highest BCUT2D eigenvalue weighted by molar-refractivity contribution is 6.25. The molecule has 0 fully saturated rings. The van der Waals surface area contributed by atoms with Gasteiger partial charge in [0.05, 0.1) is 5.52 Å². The van der Waals surface area contributed by atoms with Crippen LogP contribution in [0, 0.1) is 0 Å². The summed E-state index contributed by atoms with van der Waals surface area (Å²) in [6, 6.07) is 32.1. The molecule has 0 saturated carbocycles. The minimum Gasteiger partial charge on any atom is -0.260 e. The smallest absolute Gasteiger partial charge is 0.134 e. The van der Waals surface area contributed by atoms with Gasteiger partial charge < -0.3 is 0 Å². The van der Waals surface area contributed by atoms with Crippen molar-refractivity contribution in [2.24, 2.45) is 0 Å². The Kier molecular flexibility index (Phi) is 6.26. The first-order chi connectivity index (χ1) is 19.1. The van der Waals surface area contributed by atoms with Crippen LogP contribution in [0.5, 0.6) is 0 Å². The van der Waals surface area contributed by atoms with Gasteiger partial charge in [-0.25, -0.2) is 9.97 Å². The molecular formula is C37H35N3. The van der Waals surface area contributed by atoms with Gasteiger partial charge in [0, 0.05) is 45.1 Å². The number of fused-ring (bicyclic) bond motifs is 9. The maximum atomic E-state index is 4.76. The SMILES string of the molecule is CC(C)(C)c1cc2c3ccccc3c3ccccc3c2cn1.CC(C)(C)c1ncc2ccc3ccccc3c2n1. The van der Waals surface area contributed by atoms with Gasteiger partial charge in [0.2, 0.25) is 0 Å². The standard InChI is InChI=1S/C21H19N.C16H16N2/c1-21(2,3)20-12-18-16-10-6-4-8-14(16)15-9-5-7-11-17(15)19(18)13-22-20;1-16(2,3)15-17-10-12-9-8-11-6-4-5-7-13(11)14(12)18-15/h4-13H,1-3H3;4-10H,1-3H3. The van der Waals surface area contributed by atoms with Gasteiger partial charge in [-0.1, -0.05) is 126 Å². The fraction of sp³-hybridized carbons (Fsp3) is 0.216. The minimum atomic E-state index is -0.0227. The number of aromatic nitrogens is 3. The molecule has 0 N–H and O–H groups in total. The molecule has 0 bridgehead atoms. The summed E-state index contributed by atoms with van der Waals surface area (Å²) in [7, 11) is 0. The zero-order valence-corrected chi connectivity index (χ0v) is 24.2. The van der Waals surface area contributed by atoms with Crippen LogP contribution in [0.4, 0.5) is 0 Å². The fourth-order valence-corrected chi connectivity index (χ4v) is 5.34. The van der Waals surface area contributed by atoms with Crippen LogP contribution < -0.4 is 0 Å². The topological polar surface area (TPSA) is 38.7 Å². The van der Waals surface area contributed by atoms with E-state index in [-0.39, 0.29) is 10.8 Å². The average molecular weight is 522 g/mol. The van der Waals surface area contributed by atoms with Crippen molar-refractivity contribution in [1.82, 2.24) is 15.0 Å². The highest BCUT2D eigenvalue weighted by Crippen LogP contribution is 2.36. The second-order valence-corrected chi connectivity index (χ2v) is 12.6. The predicted molar refractivity (Wildman–Crippen MR) is 171 cm³/mol. The van der Waals surface area contributed by atoms with E-state index in [1.54, 1.807) is 0 Å². The Hall–Kier alpha value is -4.37. The van der Waals surface area contributed by atoms with Crippen LogP contribution in [0.3, 0.4) is 0 Å². The number of nitrogens with zero attached hydrogens (tertiary/aromatic N) is 3. The quantitative estimate of drug-likeness (QED) is 0.186. The Labute approximate surface area is 235 Å². The molecule has 0 radical (unpaired) electrons. The summed E-state index contributed by atoms with van der Waals surface area (Å²) in [5.41, 5.74) is 2.22. The van der Waals surface area contributed by atoms with Gasteiger partial charge in [0.15, 0.2) is 0 Å². The molecule has 40 heavy (non-hydrogen) atoms. The first kappa shape index (κ1) is 25.9. The lowest BCUT2D eigenvalue weighted by Crippen LogP contribution is -2.15. The van der Waals surface area contributed by atoms with Gasteiger partial charge in [-0.3, -0.25) is 4.98 Å². The number of benzene rings is 5. The van der Waals surface area contributed by atoms with Crippen molar-refractivity contribution in [3.05, 3.63) is 115 Å². The molecule has 5 aromatic carbocycles. The van der Waals surface area contributed by atoms with Crippen molar-refractivity contribution in [2.75, 3.05) is 0 Å². The van der Waals surface area contributed by atoms with Crippen LogP contribution in [-0.2, 0) is 10.8 Å². The summed E-state index contributed by atoms with van der Waals surface area (Å²) in [6.45, 7) is 13.1. The summed E-state index contributed by atoms with van der Waals surface area (Å²) in [5.74, 6) is 0.895. The third-order valence-electron chi connectivity index (χ3n) is 7.54. The lowest BCUT2D eigenvalue weighted by atomic mass is 9.88. The molecule has 0 aliphatic carbocycles. The van der Waals surface area contributed by atoms with E-state index in [2.05, 4.69) is 138 Å². The van der Waals surface area contributed by atoms with Crippen molar-refractivity contribution in [3.63, 3.8) is 0 Å². The Morgan fingerprint density at radius 3 is 1.57 bits per heavy atom. The van der Waals surface area contributed by atoms with Crippen LogP contribution in [-0.4, -0.2) is 15.0 Å². The molecule has 0 saturated heterocycles. The van der Waals surface area contributed by atoms with Crippen LogP contribution in [0.15, 0.2) is 103 Å². The molecule has 0 amide bonds. The van der Waals surface area contributed by atoms with E-state index >= 15 is 0 Å². The van der Waals surface area contributed by atoms with Crippen LogP contribution in [0.2, 0.25) is 0 Å². The normalized spacial score (nSPS) is 12.2. The third-order valence-corrected chi connectivity index (χ3v) is 7.54. The maximum Gasteiger partial charge on any atom is 0.134 e. The van der Waals surface area contributed by atoms with E-state index in [1.165, 1.54) is 43.1 Å². The summed E-state index contributed by atoms with van der Waals surface area (Å²) >= 11 is 0. The van der Waals surface area contributed by atoms with E-state index in [1.807, 2.05) is 12.4 Å². The molecule has 7 aromatic rings. The van der Waals surface area contributed by atoms with Gasteiger partial charge in [0.1, 0.15) is 5.82 Å². The zero-order valence-electron chi connectivity index (χ0n) is 24.2.